The quantitative estimate of drug-likeness (QED) is 0.373. The van der Waals surface area contributed by atoms with Gasteiger partial charge in [0.2, 0.25) is 11.8 Å². The Labute approximate surface area is 220 Å². The van der Waals surface area contributed by atoms with Crippen LogP contribution in [0.25, 0.3) is 10.8 Å². The van der Waals surface area contributed by atoms with E-state index in [9.17, 15) is 9.59 Å². The van der Waals surface area contributed by atoms with E-state index in [4.69, 9.17) is 9.84 Å². The van der Waals surface area contributed by atoms with Gasteiger partial charge < -0.3 is 25.4 Å². The molecule has 2 amide bonds. The van der Waals surface area contributed by atoms with Crippen molar-refractivity contribution >= 4 is 44.2 Å². The summed E-state index contributed by atoms with van der Waals surface area (Å²) >= 11 is 3.54. The molecule has 0 aliphatic carbocycles. The number of carbonyl (C=O) groups excluding carboxylic acids is 2. The van der Waals surface area contributed by atoms with E-state index in [0.29, 0.717) is 38.1 Å². The second-order valence-electron chi connectivity index (χ2n) is 8.90. The average Bonchev–Trinajstić information content (AvgIpc) is 3.01. The van der Waals surface area contributed by atoms with Crippen LogP contribution in [0.15, 0.2) is 59.1 Å². The minimum atomic E-state index is -0.662. The van der Waals surface area contributed by atoms with Gasteiger partial charge in [0.25, 0.3) is 0 Å². The molecule has 0 unspecified atom stereocenters. The molecule has 0 saturated heterocycles. The number of carbonyl (C=O) groups is 2. The maximum Gasteiger partial charge on any atom is 0.249 e. The molecule has 3 aromatic rings. The van der Waals surface area contributed by atoms with E-state index in [1.165, 1.54) is 0 Å². The number of benzene rings is 3. The summed E-state index contributed by atoms with van der Waals surface area (Å²) in [4.78, 5) is 28.7. The number of aliphatic hydroxyl groups excluding tert-OH is 1. The number of methoxy groups -OCH3 is 1. The predicted octanol–water partition coefficient (Wildman–Crippen LogP) is 3.94. The first-order chi connectivity index (χ1) is 17.5. The van der Waals surface area contributed by atoms with Crippen LogP contribution in [0.5, 0.6) is 5.75 Å². The number of para-hydroxylation sites is 1. The third-order valence-electron chi connectivity index (χ3n) is 6.68. The Hall–Kier alpha value is -2.94. The van der Waals surface area contributed by atoms with Crippen LogP contribution in [-0.2, 0) is 22.6 Å². The summed E-state index contributed by atoms with van der Waals surface area (Å²) in [7, 11) is 1.63. The monoisotopic (exact) mass is 553 g/mol. The third kappa shape index (κ3) is 5.56. The van der Waals surface area contributed by atoms with Gasteiger partial charge in [0.1, 0.15) is 11.8 Å². The van der Waals surface area contributed by atoms with Gasteiger partial charge in [-0.15, -0.1) is 0 Å². The first-order valence-corrected chi connectivity index (χ1v) is 13.0. The molecule has 4 rings (SSSR count). The van der Waals surface area contributed by atoms with Crippen molar-refractivity contribution in [2.75, 3.05) is 25.2 Å². The number of halogens is 1. The summed E-state index contributed by atoms with van der Waals surface area (Å²) in [6.45, 7) is 2.47. The molecule has 3 N–H and O–H groups in total. The fourth-order valence-electron chi connectivity index (χ4n) is 4.80. The lowest BCUT2D eigenvalue weighted by Gasteiger charge is -2.28. The van der Waals surface area contributed by atoms with E-state index in [1.807, 2.05) is 61.5 Å². The lowest BCUT2D eigenvalue weighted by atomic mass is 10.0. The fourth-order valence-corrected chi connectivity index (χ4v) is 5.18. The first kappa shape index (κ1) is 26.1. The lowest BCUT2D eigenvalue weighted by molar-refractivity contribution is -0.129. The van der Waals surface area contributed by atoms with Gasteiger partial charge in [-0.05, 0) is 59.9 Å². The van der Waals surface area contributed by atoms with Crippen LogP contribution in [-0.4, -0.2) is 49.3 Å². The highest BCUT2D eigenvalue weighted by molar-refractivity contribution is 9.10. The smallest absolute Gasteiger partial charge is 0.249 e. The van der Waals surface area contributed by atoms with Gasteiger partial charge in [-0.25, -0.2) is 0 Å². The van der Waals surface area contributed by atoms with Crippen molar-refractivity contribution in [1.29, 1.82) is 0 Å². The predicted molar refractivity (Wildman–Crippen MR) is 145 cm³/mol. The SMILES string of the molecule is CC[C@H](NCCO)C(=O)N[C@H]1CCc2ccccc2N(Cc2c(OC)ccc3cc(Br)ccc23)C1=O. The van der Waals surface area contributed by atoms with E-state index in [2.05, 4.69) is 26.6 Å². The van der Waals surface area contributed by atoms with E-state index in [1.54, 1.807) is 12.0 Å². The van der Waals surface area contributed by atoms with E-state index in [-0.39, 0.29) is 18.4 Å². The van der Waals surface area contributed by atoms with Crippen molar-refractivity contribution in [3.63, 3.8) is 0 Å². The number of hydrogen-bond donors (Lipinski definition) is 3. The normalized spacial score (nSPS) is 16.4. The van der Waals surface area contributed by atoms with Gasteiger partial charge in [0.05, 0.1) is 26.3 Å². The van der Waals surface area contributed by atoms with Crippen molar-refractivity contribution in [2.24, 2.45) is 0 Å². The van der Waals surface area contributed by atoms with Crippen molar-refractivity contribution in [2.45, 2.75) is 44.8 Å². The summed E-state index contributed by atoms with van der Waals surface area (Å²) in [5.74, 6) is 0.323. The molecule has 8 heteroatoms. The van der Waals surface area contributed by atoms with Gasteiger partial charge in [0.15, 0.2) is 0 Å². The second-order valence-corrected chi connectivity index (χ2v) is 9.82. The van der Waals surface area contributed by atoms with Crippen LogP contribution in [0.3, 0.4) is 0 Å². The van der Waals surface area contributed by atoms with Crippen LogP contribution in [0.4, 0.5) is 5.69 Å². The van der Waals surface area contributed by atoms with Crippen LogP contribution in [0.2, 0.25) is 0 Å². The van der Waals surface area contributed by atoms with Crippen molar-refractivity contribution in [3.8, 4) is 5.75 Å². The molecule has 0 aromatic heterocycles. The topological polar surface area (TPSA) is 90.9 Å². The average molecular weight is 554 g/mol. The van der Waals surface area contributed by atoms with Gasteiger partial charge in [-0.3, -0.25) is 9.59 Å². The van der Waals surface area contributed by atoms with Crippen LogP contribution in [0.1, 0.15) is 30.9 Å². The Morgan fingerprint density at radius 1 is 1.22 bits per heavy atom. The number of nitrogens with zero attached hydrogens (tertiary/aromatic N) is 1. The summed E-state index contributed by atoms with van der Waals surface area (Å²) in [6.07, 6.45) is 1.73. The molecule has 1 aliphatic heterocycles. The number of hydrogen-bond acceptors (Lipinski definition) is 5. The molecule has 7 nitrogen and oxygen atoms in total. The largest absolute Gasteiger partial charge is 0.496 e. The molecule has 0 spiro atoms. The Bertz CT molecular complexity index is 1250. The zero-order valence-corrected chi connectivity index (χ0v) is 22.2. The highest BCUT2D eigenvalue weighted by Gasteiger charge is 2.33. The number of fused-ring (bicyclic) bond motifs is 2. The maximum absolute atomic E-state index is 14.0. The van der Waals surface area contributed by atoms with Gasteiger partial charge in [-0.2, -0.15) is 0 Å². The maximum atomic E-state index is 14.0. The minimum Gasteiger partial charge on any atom is -0.496 e. The second kappa shape index (κ2) is 11.9. The van der Waals surface area contributed by atoms with Crippen molar-refractivity contribution in [1.82, 2.24) is 10.6 Å². The summed E-state index contributed by atoms with van der Waals surface area (Å²) in [5.41, 5.74) is 2.82. The summed E-state index contributed by atoms with van der Waals surface area (Å²) < 4.78 is 6.68. The Morgan fingerprint density at radius 3 is 2.78 bits per heavy atom. The molecule has 1 heterocycles. The van der Waals surface area contributed by atoms with E-state index in [0.717, 1.165) is 32.1 Å². The molecular formula is C28H32BrN3O4. The molecule has 190 valence electrons. The van der Waals surface area contributed by atoms with Crippen LogP contribution < -0.4 is 20.3 Å². The summed E-state index contributed by atoms with van der Waals surface area (Å²) in [5, 5.41) is 17.2. The first-order valence-electron chi connectivity index (χ1n) is 12.3. The molecule has 1 aliphatic rings. The lowest BCUT2D eigenvalue weighted by Crippen LogP contribution is -2.53. The van der Waals surface area contributed by atoms with Gasteiger partial charge in [0, 0.05) is 22.3 Å². The summed E-state index contributed by atoms with van der Waals surface area (Å²) in [6, 6.07) is 16.8. The van der Waals surface area contributed by atoms with Gasteiger partial charge in [-0.1, -0.05) is 53.2 Å². The highest BCUT2D eigenvalue weighted by atomic mass is 79.9. The van der Waals surface area contributed by atoms with E-state index >= 15 is 0 Å². The molecular weight excluding hydrogens is 522 g/mol. The van der Waals surface area contributed by atoms with Crippen molar-refractivity contribution < 1.29 is 19.4 Å². The minimum absolute atomic E-state index is 0.0569. The van der Waals surface area contributed by atoms with Gasteiger partial charge >= 0.3 is 0 Å². The fraction of sp³-hybridized carbons (Fsp3) is 0.357. The molecule has 3 aromatic carbocycles. The number of ether oxygens (including phenoxy) is 1. The Balaban J connectivity index is 1.70. The van der Waals surface area contributed by atoms with Crippen LogP contribution >= 0.6 is 15.9 Å². The zero-order chi connectivity index (χ0) is 25.7. The highest BCUT2D eigenvalue weighted by Crippen LogP contribution is 2.35. The molecule has 0 bridgehead atoms. The number of aryl methyl sites for hydroxylation is 1. The molecule has 2 atom stereocenters. The molecule has 0 fully saturated rings. The number of anilines is 1. The zero-order valence-electron chi connectivity index (χ0n) is 20.6. The van der Waals surface area contributed by atoms with Crippen molar-refractivity contribution in [3.05, 3.63) is 70.2 Å². The standard InChI is InChI=1S/C28H32BrN3O4/c1-3-23(30-14-15-33)27(34)31-24-12-8-18-6-4-5-7-25(18)32(28(24)35)17-22-21-11-10-20(29)16-19(21)9-13-26(22)36-2/h4-7,9-11,13,16,23-24,30,33H,3,8,12,14-15,17H2,1-2H3,(H,31,34)/t23-,24-/m0/s1. The number of aliphatic hydroxyl groups is 1. The van der Waals surface area contributed by atoms with Crippen LogP contribution in [0, 0.1) is 0 Å². The number of nitrogens with one attached hydrogen (secondary N) is 2. The third-order valence-corrected chi connectivity index (χ3v) is 7.17. The molecule has 0 saturated carbocycles. The Kier molecular flexibility index (Phi) is 8.61. The number of rotatable bonds is 9. The molecule has 0 radical (unpaired) electrons. The Morgan fingerprint density at radius 2 is 2.03 bits per heavy atom. The van der Waals surface area contributed by atoms with E-state index < -0.39 is 12.1 Å². The molecule has 36 heavy (non-hydrogen) atoms. The number of amides is 2.